The summed E-state index contributed by atoms with van der Waals surface area (Å²) in [5.41, 5.74) is 3.86. The number of rotatable bonds is 7. The molecule has 0 radical (unpaired) electrons. The fourth-order valence-corrected chi connectivity index (χ4v) is 2.68. The second-order valence-corrected chi connectivity index (χ2v) is 5.38. The highest BCUT2D eigenvalue weighted by atomic mass is 16.5. The molecule has 0 saturated heterocycles. The largest absolute Gasteiger partial charge is 0.496 e. The summed E-state index contributed by atoms with van der Waals surface area (Å²) in [7, 11) is 1.75. The molecule has 0 aliphatic heterocycles. The van der Waals surface area contributed by atoms with Gasteiger partial charge in [0.05, 0.1) is 7.11 Å². The maximum Gasteiger partial charge on any atom is 0.123 e. The van der Waals surface area contributed by atoms with Crippen molar-refractivity contribution in [3.63, 3.8) is 0 Å². The third-order valence-electron chi connectivity index (χ3n) is 3.78. The van der Waals surface area contributed by atoms with Crippen LogP contribution in [-0.4, -0.2) is 13.7 Å². The quantitative estimate of drug-likeness (QED) is 0.818. The van der Waals surface area contributed by atoms with Gasteiger partial charge in [0, 0.05) is 11.6 Å². The normalized spacial score (nSPS) is 12.1. The van der Waals surface area contributed by atoms with E-state index in [9.17, 15) is 0 Å². The molecule has 0 bridgehead atoms. The minimum Gasteiger partial charge on any atom is -0.496 e. The van der Waals surface area contributed by atoms with E-state index in [2.05, 4.69) is 67.7 Å². The van der Waals surface area contributed by atoms with E-state index in [-0.39, 0.29) is 0 Å². The Balaban J connectivity index is 2.15. The van der Waals surface area contributed by atoms with Gasteiger partial charge < -0.3 is 10.1 Å². The van der Waals surface area contributed by atoms with Crippen molar-refractivity contribution in [2.24, 2.45) is 0 Å². The number of ether oxygens (including phenoxy) is 1. The standard InChI is InChI=1S/C19H25NO/c1-4-20-18(13-11-16-8-6-5-7-9-16)17-12-10-15(2)14-19(17)21-3/h5-10,12,14,18,20H,4,11,13H2,1-3H3. The fourth-order valence-electron chi connectivity index (χ4n) is 2.68. The van der Waals surface area contributed by atoms with Gasteiger partial charge in [-0.25, -0.2) is 0 Å². The summed E-state index contributed by atoms with van der Waals surface area (Å²) in [6.07, 6.45) is 2.13. The minimum absolute atomic E-state index is 0.325. The lowest BCUT2D eigenvalue weighted by molar-refractivity contribution is 0.396. The first kappa shape index (κ1) is 15.6. The zero-order chi connectivity index (χ0) is 15.1. The van der Waals surface area contributed by atoms with Crippen LogP contribution in [0.4, 0.5) is 0 Å². The van der Waals surface area contributed by atoms with Crippen molar-refractivity contribution in [2.75, 3.05) is 13.7 Å². The summed E-state index contributed by atoms with van der Waals surface area (Å²) in [6.45, 7) is 5.20. The molecule has 2 rings (SSSR count). The molecule has 1 unspecified atom stereocenters. The van der Waals surface area contributed by atoms with E-state index >= 15 is 0 Å². The van der Waals surface area contributed by atoms with E-state index in [4.69, 9.17) is 4.74 Å². The number of methoxy groups -OCH3 is 1. The number of benzene rings is 2. The monoisotopic (exact) mass is 283 g/mol. The van der Waals surface area contributed by atoms with Gasteiger partial charge in [0.15, 0.2) is 0 Å². The van der Waals surface area contributed by atoms with Crippen LogP contribution in [0.15, 0.2) is 48.5 Å². The molecule has 0 heterocycles. The summed E-state index contributed by atoms with van der Waals surface area (Å²) in [5.74, 6) is 0.981. The van der Waals surface area contributed by atoms with Crippen LogP contribution in [0.3, 0.4) is 0 Å². The van der Waals surface area contributed by atoms with E-state index in [1.54, 1.807) is 7.11 Å². The number of nitrogens with one attached hydrogen (secondary N) is 1. The van der Waals surface area contributed by atoms with Gasteiger partial charge >= 0.3 is 0 Å². The van der Waals surface area contributed by atoms with Gasteiger partial charge in [0.2, 0.25) is 0 Å². The van der Waals surface area contributed by atoms with Crippen LogP contribution in [0.5, 0.6) is 5.75 Å². The SMILES string of the molecule is CCNC(CCc1ccccc1)c1ccc(C)cc1OC. The van der Waals surface area contributed by atoms with Gasteiger partial charge in [0.25, 0.3) is 0 Å². The lowest BCUT2D eigenvalue weighted by Gasteiger charge is -2.21. The molecule has 1 N–H and O–H groups in total. The molecule has 0 saturated carbocycles. The fraction of sp³-hybridized carbons (Fsp3) is 0.368. The molecular weight excluding hydrogens is 258 g/mol. The highest BCUT2D eigenvalue weighted by Crippen LogP contribution is 2.29. The van der Waals surface area contributed by atoms with Crippen molar-refractivity contribution in [3.8, 4) is 5.75 Å². The Hall–Kier alpha value is -1.80. The van der Waals surface area contributed by atoms with Crippen molar-refractivity contribution >= 4 is 0 Å². The minimum atomic E-state index is 0.325. The molecule has 21 heavy (non-hydrogen) atoms. The third-order valence-corrected chi connectivity index (χ3v) is 3.78. The van der Waals surface area contributed by atoms with Crippen molar-refractivity contribution < 1.29 is 4.74 Å². The topological polar surface area (TPSA) is 21.3 Å². The van der Waals surface area contributed by atoms with E-state index in [1.807, 2.05) is 0 Å². The van der Waals surface area contributed by atoms with Crippen LogP contribution < -0.4 is 10.1 Å². The lowest BCUT2D eigenvalue weighted by Crippen LogP contribution is -2.22. The summed E-state index contributed by atoms with van der Waals surface area (Å²) < 4.78 is 5.57. The van der Waals surface area contributed by atoms with Crippen LogP contribution in [0.1, 0.15) is 36.1 Å². The molecule has 2 heteroatoms. The van der Waals surface area contributed by atoms with Gasteiger partial charge in [-0.3, -0.25) is 0 Å². The van der Waals surface area contributed by atoms with E-state index in [0.29, 0.717) is 6.04 Å². The summed E-state index contributed by atoms with van der Waals surface area (Å²) in [5, 5.41) is 3.58. The van der Waals surface area contributed by atoms with Crippen LogP contribution >= 0.6 is 0 Å². The Labute approximate surface area is 128 Å². The zero-order valence-corrected chi connectivity index (χ0v) is 13.2. The molecule has 112 valence electrons. The second-order valence-electron chi connectivity index (χ2n) is 5.38. The third kappa shape index (κ3) is 4.33. The van der Waals surface area contributed by atoms with Crippen LogP contribution in [-0.2, 0) is 6.42 Å². The average molecular weight is 283 g/mol. The first-order valence-electron chi connectivity index (χ1n) is 7.66. The number of aryl methyl sites for hydroxylation is 2. The van der Waals surface area contributed by atoms with Gasteiger partial charge in [-0.15, -0.1) is 0 Å². The molecule has 0 spiro atoms. The highest BCUT2D eigenvalue weighted by molar-refractivity contribution is 5.39. The summed E-state index contributed by atoms with van der Waals surface area (Å²) >= 11 is 0. The molecule has 1 atom stereocenters. The van der Waals surface area contributed by atoms with E-state index in [0.717, 1.165) is 25.1 Å². The molecule has 2 aromatic carbocycles. The van der Waals surface area contributed by atoms with Gasteiger partial charge in [-0.1, -0.05) is 49.4 Å². The Bertz CT molecular complexity index is 551. The second kappa shape index (κ2) is 7.84. The smallest absolute Gasteiger partial charge is 0.123 e. The maximum absolute atomic E-state index is 5.57. The molecular formula is C19H25NO. The van der Waals surface area contributed by atoms with Crippen molar-refractivity contribution in [3.05, 3.63) is 65.2 Å². The molecule has 0 aromatic heterocycles. The van der Waals surface area contributed by atoms with Crippen LogP contribution in [0.2, 0.25) is 0 Å². The molecule has 2 nitrogen and oxygen atoms in total. The Kier molecular flexibility index (Phi) is 5.82. The lowest BCUT2D eigenvalue weighted by atomic mass is 9.97. The maximum atomic E-state index is 5.57. The van der Waals surface area contributed by atoms with Crippen LogP contribution in [0, 0.1) is 6.92 Å². The first-order chi connectivity index (χ1) is 10.2. The zero-order valence-electron chi connectivity index (χ0n) is 13.2. The Morgan fingerprint density at radius 1 is 1.10 bits per heavy atom. The van der Waals surface area contributed by atoms with Crippen molar-refractivity contribution in [1.29, 1.82) is 0 Å². The molecule has 0 fully saturated rings. The Morgan fingerprint density at radius 2 is 1.86 bits per heavy atom. The van der Waals surface area contributed by atoms with Crippen molar-refractivity contribution in [1.82, 2.24) is 5.32 Å². The van der Waals surface area contributed by atoms with E-state index < -0.39 is 0 Å². The van der Waals surface area contributed by atoms with Gasteiger partial charge in [-0.2, -0.15) is 0 Å². The molecule has 0 amide bonds. The van der Waals surface area contributed by atoms with E-state index in [1.165, 1.54) is 16.7 Å². The predicted molar refractivity (Wildman–Crippen MR) is 88.9 cm³/mol. The Morgan fingerprint density at radius 3 is 2.52 bits per heavy atom. The van der Waals surface area contributed by atoms with Gasteiger partial charge in [-0.05, 0) is 43.5 Å². The molecule has 0 aliphatic carbocycles. The first-order valence-corrected chi connectivity index (χ1v) is 7.66. The number of hydrogen-bond acceptors (Lipinski definition) is 2. The molecule has 0 aliphatic rings. The number of hydrogen-bond donors (Lipinski definition) is 1. The van der Waals surface area contributed by atoms with Crippen LogP contribution in [0.25, 0.3) is 0 Å². The molecule has 2 aromatic rings. The highest BCUT2D eigenvalue weighted by Gasteiger charge is 2.15. The summed E-state index contributed by atoms with van der Waals surface area (Å²) in [6, 6.07) is 17.4. The predicted octanol–water partition coefficient (Wildman–Crippen LogP) is 4.29. The average Bonchev–Trinajstić information content (AvgIpc) is 2.52. The van der Waals surface area contributed by atoms with Gasteiger partial charge in [0.1, 0.15) is 5.75 Å². The van der Waals surface area contributed by atoms with Crippen molar-refractivity contribution in [2.45, 2.75) is 32.7 Å². The summed E-state index contributed by atoms with van der Waals surface area (Å²) in [4.78, 5) is 0.